The Morgan fingerprint density at radius 1 is 1.22 bits per heavy atom. The van der Waals surface area contributed by atoms with E-state index in [1.807, 2.05) is 0 Å². The lowest BCUT2D eigenvalue weighted by Gasteiger charge is -2.06. The number of primary amides is 1. The molecule has 0 aliphatic heterocycles. The van der Waals surface area contributed by atoms with E-state index < -0.39 is 21.1 Å². The topological polar surface area (TPSA) is 130 Å². The van der Waals surface area contributed by atoms with Gasteiger partial charge in [-0.25, -0.2) is 9.18 Å². The first-order chi connectivity index (χ1) is 12.7. The predicted molar refractivity (Wildman–Crippen MR) is 91.6 cm³/mol. The van der Waals surface area contributed by atoms with E-state index in [0.717, 1.165) is 11.6 Å². The molecule has 27 heavy (non-hydrogen) atoms. The monoisotopic (exact) mass is 411 g/mol. The molecule has 0 saturated carbocycles. The molecular formula is C15H11ClFN5O4S. The second kappa shape index (κ2) is 7.29. The summed E-state index contributed by atoms with van der Waals surface area (Å²) >= 11 is 5.97. The lowest BCUT2D eigenvalue weighted by atomic mass is 10.2. The van der Waals surface area contributed by atoms with Crippen molar-refractivity contribution >= 4 is 27.8 Å². The van der Waals surface area contributed by atoms with Crippen LogP contribution in [-0.2, 0) is 20.8 Å². The number of halogens is 2. The SMILES string of the molecule is NC(=O)OS(=O)(=O)c1ccc(-c2nnn(Cc3ccc(F)cc3)n2)cc1Cl. The molecule has 0 aliphatic rings. The van der Waals surface area contributed by atoms with E-state index in [9.17, 15) is 17.6 Å². The van der Waals surface area contributed by atoms with Crippen LogP contribution >= 0.6 is 11.6 Å². The van der Waals surface area contributed by atoms with Crippen molar-refractivity contribution in [2.75, 3.05) is 0 Å². The van der Waals surface area contributed by atoms with E-state index in [0.29, 0.717) is 5.56 Å². The van der Waals surface area contributed by atoms with Crippen molar-refractivity contribution in [1.82, 2.24) is 20.2 Å². The Morgan fingerprint density at radius 2 is 1.93 bits per heavy atom. The van der Waals surface area contributed by atoms with Crippen LogP contribution in [0.15, 0.2) is 47.4 Å². The van der Waals surface area contributed by atoms with Gasteiger partial charge in [0.25, 0.3) is 0 Å². The summed E-state index contributed by atoms with van der Waals surface area (Å²) in [7, 11) is -4.43. The number of nitrogens with two attached hydrogens (primary N) is 1. The van der Waals surface area contributed by atoms with E-state index in [-0.39, 0.29) is 23.2 Å². The van der Waals surface area contributed by atoms with Crippen LogP contribution in [0.3, 0.4) is 0 Å². The summed E-state index contributed by atoms with van der Waals surface area (Å²) in [6.45, 7) is 0.264. The van der Waals surface area contributed by atoms with Crippen LogP contribution in [0.5, 0.6) is 0 Å². The van der Waals surface area contributed by atoms with Crippen molar-refractivity contribution in [3.63, 3.8) is 0 Å². The van der Waals surface area contributed by atoms with Crippen LogP contribution in [-0.4, -0.2) is 34.7 Å². The van der Waals surface area contributed by atoms with Crippen molar-refractivity contribution < 1.29 is 21.8 Å². The summed E-state index contributed by atoms with van der Waals surface area (Å²) in [6, 6.07) is 9.62. The van der Waals surface area contributed by atoms with Gasteiger partial charge in [-0.05, 0) is 41.1 Å². The fraction of sp³-hybridized carbons (Fsp3) is 0.0667. The maximum Gasteiger partial charge on any atom is 0.420 e. The first-order valence-corrected chi connectivity index (χ1v) is 9.09. The first kappa shape index (κ1) is 18.7. The van der Waals surface area contributed by atoms with Gasteiger partial charge in [-0.15, -0.1) is 10.2 Å². The Kier molecular flexibility index (Phi) is 5.06. The van der Waals surface area contributed by atoms with E-state index in [1.165, 1.54) is 29.1 Å². The first-order valence-electron chi connectivity index (χ1n) is 7.31. The Labute approximate surface area is 157 Å². The molecule has 0 saturated heterocycles. The third-order valence-electron chi connectivity index (χ3n) is 3.34. The van der Waals surface area contributed by atoms with E-state index in [2.05, 4.69) is 19.6 Å². The molecule has 9 nitrogen and oxygen atoms in total. The van der Waals surface area contributed by atoms with Crippen molar-refractivity contribution in [2.45, 2.75) is 11.4 Å². The third kappa shape index (κ3) is 4.38. The standard InChI is InChI=1S/C15H11ClFN5O4S/c16-12-7-10(3-6-13(12)27(24,25)26-15(18)23)14-19-21-22(20-14)8-9-1-4-11(17)5-2-9/h1-7H,8H2,(H2,18,23). The van der Waals surface area contributed by atoms with Crippen molar-refractivity contribution in [1.29, 1.82) is 0 Å². The number of amides is 1. The number of tetrazole rings is 1. The minimum Gasteiger partial charge on any atom is -0.334 e. The van der Waals surface area contributed by atoms with Crippen molar-refractivity contribution in [3.05, 3.63) is 58.9 Å². The highest BCUT2D eigenvalue weighted by atomic mass is 35.5. The summed E-state index contributed by atoms with van der Waals surface area (Å²) in [5, 5.41) is 11.7. The van der Waals surface area contributed by atoms with Crippen molar-refractivity contribution in [3.8, 4) is 11.4 Å². The quantitative estimate of drug-likeness (QED) is 0.635. The van der Waals surface area contributed by atoms with Gasteiger partial charge < -0.3 is 9.92 Å². The van der Waals surface area contributed by atoms with E-state index in [4.69, 9.17) is 17.3 Å². The third-order valence-corrected chi connectivity index (χ3v) is 5.04. The Bertz CT molecular complexity index is 1100. The molecule has 1 amide bonds. The van der Waals surface area contributed by atoms with Gasteiger partial charge in [0.1, 0.15) is 10.7 Å². The van der Waals surface area contributed by atoms with Crippen LogP contribution in [0.25, 0.3) is 11.4 Å². The van der Waals surface area contributed by atoms with Crippen LogP contribution in [0.2, 0.25) is 5.02 Å². The molecule has 0 bridgehead atoms. The van der Waals surface area contributed by atoms with E-state index >= 15 is 0 Å². The Hall–Kier alpha value is -3.05. The molecule has 1 aromatic heterocycles. The van der Waals surface area contributed by atoms with Crippen molar-refractivity contribution in [2.24, 2.45) is 5.73 Å². The minimum atomic E-state index is -4.43. The Balaban J connectivity index is 1.83. The zero-order chi connectivity index (χ0) is 19.6. The molecule has 0 radical (unpaired) electrons. The fourth-order valence-corrected chi connectivity index (χ4v) is 3.48. The maximum atomic E-state index is 12.9. The molecule has 3 rings (SSSR count). The zero-order valence-corrected chi connectivity index (χ0v) is 15.0. The highest BCUT2D eigenvalue weighted by Crippen LogP contribution is 2.27. The van der Waals surface area contributed by atoms with Crippen LogP contribution in [0, 0.1) is 5.82 Å². The fourth-order valence-electron chi connectivity index (χ4n) is 2.17. The second-order valence-electron chi connectivity index (χ2n) is 5.27. The summed E-state index contributed by atoms with van der Waals surface area (Å²) < 4.78 is 40.7. The van der Waals surface area contributed by atoms with Gasteiger partial charge in [0, 0.05) is 5.56 Å². The summed E-state index contributed by atoms with van der Waals surface area (Å²) in [5.74, 6) is -0.158. The molecule has 0 spiro atoms. The predicted octanol–water partition coefficient (Wildman–Crippen LogP) is 1.96. The molecule has 0 atom stereocenters. The average Bonchev–Trinajstić information content (AvgIpc) is 3.04. The second-order valence-corrected chi connectivity index (χ2v) is 7.19. The molecule has 0 fully saturated rings. The highest BCUT2D eigenvalue weighted by Gasteiger charge is 2.23. The summed E-state index contributed by atoms with van der Waals surface area (Å²) in [4.78, 5) is 11.5. The van der Waals surface area contributed by atoms with Gasteiger partial charge in [0.15, 0.2) is 0 Å². The molecule has 140 valence electrons. The lowest BCUT2D eigenvalue weighted by Crippen LogP contribution is -2.19. The maximum absolute atomic E-state index is 12.9. The number of carbonyl (C=O) groups is 1. The Morgan fingerprint density at radius 3 is 2.56 bits per heavy atom. The van der Waals surface area contributed by atoms with Gasteiger partial charge in [-0.1, -0.05) is 23.7 Å². The number of nitrogens with zero attached hydrogens (tertiary/aromatic N) is 4. The van der Waals surface area contributed by atoms with Gasteiger partial charge >= 0.3 is 16.2 Å². The number of rotatable bonds is 5. The number of aromatic nitrogens is 4. The molecule has 12 heteroatoms. The molecule has 2 aromatic carbocycles. The van der Waals surface area contributed by atoms with Gasteiger partial charge in [0.2, 0.25) is 5.82 Å². The molecule has 0 aliphatic carbocycles. The molecule has 2 N–H and O–H groups in total. The van der Waals surface area contributed by atoms with Crippen LogP contribution in [0.4, 0.5) is 9.18 Å². The highest BCUT2D eigenvalue weighted by molar-refractivity contribution is 7.87. The molecule has 1 heterocycles. The minimum absolute atomic E-state index is 0.193. The number of hydrogen-bond donors (Lipinski definition) is 1. The number of hydrogen-bond acceptors (Lipinski definition) is 7. The largest absolute Gasteiger partial charge is 0.420 e. The average molecular weight is 412 g/mol. The van der Waals surface area contributed by atoms with Crippen LogP contribution < -0.4 is 5.73 Å². The summed E-state index contributed by atoms with van der Waals surface area (Å²) in [6.07, 6.45) is -1.47. The molecule has 0 unspecified atom stereocenters. The summed E-state index contributed by atoms with van der Waals surface area (Å²) in [5.41, 5.74) is 5.89. The molecule has 3 aromatic rings. The zero-order valence-electron chi connectivity index (χ0n) is 13.4. The normalized spacial score (nSPS) is 11.3. The molecular weight excluding hydrogens is 401 g/mol. The number of carbonyl (C=O) groups excluding carboxylic acids is 1. The van der Waals surface area contributed by atoms with Gasteiger partial charge in [-0.2, -0.15) is 13.2 Å². The smallest absolute Gasteiger partial charge is 0.334 e. The lowest BCUT2D eigenvalue weighted by molar-refractivity contribution is 0.212. The van der Waals surface area contributed by atoms with Gasteiger partial charge in [0.05, 0.1) is 11.6 Å². The van der Waals surface area contributed by atoms with E-state index in [1.54, 1.807) is 12.1 Å². The van der Waals surface area contributed by atoms with Crippen LogP contribution in [0.1, 0.15) is 5.56 Å². The van der Waals surface area contributed by atoms with Gasteiger partial charge in [-0.3, -0.25) is 0 Å². The number of benzene rings is 2.